The van der Waals surface area contributed by atoms with Crippen molar-refractivity contribution in [2.45, 2.75) is 0 Å². The molecule has 0 bridgehead atoms. The first-order chi connectivity index (χ1) is 10.7. The number of nitrogens with one attached hydrogen (secondary N) is 2. The molecule has 3 aromatic rings. The zero-order valence-electron chi connectivity index (χ0n) is 11.1. The Balaban J connectivity index is 1.89. The minimum absolute atomic E-state index is 0.0837. The molecule has 0 aliphatic carbocycles. The van der Waals surface area contributed by atoms with E-state index in [2.05, 4.69) is 35.2 Å². The highest BCUT2D eigenvalue weighted by Gasteiger charge is 2.17. The molecule has 0 saturated heterocycles. The average molecular weight is 301 g/mol. The minimum Gasteiger partial charge on any atom is -0.390 e. The van der Waals surface area contributed by atoms with E-state index < -0.39 is 5.97 Å². The van der Waals surface area contributed by atoms with Gasteiger partial charge in [-0.25, -0.2) is 9.78 Å². The fraction of sp³-hybridized carbons (Fsp3) is 0. The number of fused-ring (bicyclic) bond motifs is 1. The number of benzene rings is 1. The van der Waals surface area contributed by atoms with E-state index in [1.807, 2.05) is 18.2 Å². The second kappa shape index (κ2) is 5.63. The number of aromatic amines is 1. The fourth-order valence-corrected chi connectivity index (χ4v) is 1.86. The van der Waals surface area contributed by atoms with E-state index in [1.165, 1.54) is 6.20 Å². The van der Waals surface area contributed by atoms with Gasteiger partial charge in [-0.15, -0.1) is 0 Å². The summed E-state index contributed by atoms with van der Waals surface area (Å²) in [5, 5.41) is 10.7. The van der Waals surface area contributed by atoms with Crippen LogP contribution in [-0.2, 0) is 4.84 Å². The Kier molecular flexibility index (Phi) is 3.52. The highest BCUT2D eigenvalue weighted by molar-refractivity contribution is 5.91. The van der Waals surface area contributed by atoms with Crippen LogP contribution in [0.15, 0.2) is 30.6 Å². The fourth-order valence-electron chi connectivity index (χ4n) is 1.86. The van der Waals surface area contributed by atoms with Gasteiger partial charge >= 0.3 is 5.97 Å². The zero-order chi connectivity index (χ0) is 15.5. The van der Waals surface area contributed by atoms with Crippen LogP contribution >= 0.6 is 0 Å². The second-order valence-corrected chi connectivity index (χ2v) is 4.23. The van der Waals surface area contributed by atoms with Crippen LogP contribution in [0.3, 0.4) is 0 Å². The smallest absolute Gasteiger partial charge is 0.363 e. The average Bonchev–Trinajstić information content (AvgIpc) is 3.01. The van der Waals surface area contributed by atoms with Crippen molar-refractivity contribution in [1.29, 1.82) is 0 Å². The molecule has 0 aliphatic rings. The molecule has 6 N–H and O–H groups in total. The van der Waals surface area contributed by atoms with Crippen LogP contribution in [0, 0.1) is 0 Å². The minimum atomic E-state index is -0.856. The number of carbonyl (C=O) groups excluding carboxylic acids is 1. The molecule has 0 aliphatic heterocycles. The largest absolute Gasteiger partial charge is 0.390 e. The van der Waals surface area contributed by atoms with Crippen LogP contribution in [-0.4, -0.2) is 26.1 Å². The molecule has 2 aromatic heterocycles. The van der Waals surface area contributed by atoms with Crippen molar-refractivity contribution in [2.24, 2.45) is 11.8 Å². The number of aromatic nitrogens is 4. The van der Waals surface area contributed by atoms with Crippen LogP contribution in [0.25, 0.3) is 10.9 Å². The predicted molar refractivity (Wildman–Crippen MR) is 75.8 cm³/mol. The summed E-state index contributed by atoms with van der Waals surface area (Å²) in [6.45, 7) is 0. The van der Waals surface area contributed by atoms with Crippen molar-refractivity contribution in [1.82, 2.24) is 20.2 Å². The number of carbonyl (C=O) groups is 1. The van der Waals surface area contributed by atoms with E-state index >= 15 is 0 Å². The number of anilines is 2. The van der Waals surface area contributed by atoms with Crippen LogP contribution < -0.4 is 21.9 Å². The highest BCUT2D eigenvalue weighted by atomic mass is 16.7. The Morgan fingerprint density at radius 2 is 2.14 bits per heavy atom. The molecule has 0 unspecified atom stereocenters. The maximum absolute atomic E-state index is 11.4. The molecular weight excluding hydrogens is 290 g/mol. The van der Waals surface area contributed by atoms with Gasteiger partial charge in [0.05, 0.1) is 17.9 Å². The lowest BCUT2D eigenvalue weighted by Crippen LogP contribution is -2.16. The van der Waals surface area contributed by atoms with E-state index in [0.717, 1.165) is 10.9 Å². The van der Waals surface area contributed by atoms with Gasteiger partial charge in [-0.3, -0.25) is 5.10 Å². The molecule has 10 heteroatoms. The Labute approximate surface area is 123 Å². The third-order valence-electron chi connectivity index (χ3n) is 2.89. The van der Waals surface area contributed by atoms with E-state index in [1.54, 1.807) is 6.20 Å². The van der Waals surface area contributed by atoms with Crippen molar-refractivity contribution in [2.75, 3.05) is 5.32 Å². The molecule has 0 fully saturated rings. The van der Waals surface area contributed by atoms with Crippen molar-refractivity contribution >= 4 is 28.5 Å². The predicted octanol–water partition coefficient (Wildman–Crippen LogP) is 0.379. The van der Waals surface area contributed by atoms with Crippen molar-refractivity contribution in [3.05, 3.63) is 36.2 Å². The standard InChI is InChI=1S/C12H11N7O3/c13-21-10-8(11(20)22-14)5-15-12(18-10)17-7-2-1-6-4-16-19-9(6)3-7/h1-5H,13-14H2,(H,16,19)(H,15,17,18). The third-order valence-corrected chi connectivity index (χ3v) is 2.89. The summed E-state index contributed by atoms with van der Waals surface area (Å²) in [6.07, 6.45) is 2.91. The van der Waals surface area contributed by atoms with Crippen LogP contribution in [0.4, 0.5) is 11.6 Å². The van der Waals surface area contributed by atoms with Gasteiger partial charge < -0.3 is 15.0 Å². The van der Waals surface area contributed by atoms with Gasteiger partial charge in [0.25, 0.3) is 5.88 Å². The Hall–Kier alpha value is -3.24. The first kappa shape index (κ1) is 13.7. The number of nitrogens with two attached hydrogens (primary N) is 2. The summed E-state index contributed by atoms with van der Waals surface area (Å²) in [5.74, 6) is 9.07. The van der Waals surface area contributed by atoms with E-state index in [0.29, 0.717) is 5.69 Å². The number of hydrogen-bond acceptors (Lipinski definition) is 9. The summed E-state index contributed by atoms with van der Waals surface area (Å²) in [6, 6.07) is 5.53. The number of hydrogen-bond donors (Lipinski definition) is 4. The summed E-state index contributed by atoms with van der Waals surface area (Å²) < 4.78 is 0. The SMILES string of the molecule is NOC(=O)c1cnc(Nc2ccc3cn[nH]c3c2)nc1ON. The zero-order valence-corrected chi connectivity index (χ0v) is 11.1. The van der Waals surface area contributed by atoms with E-state index in [-0.39, 0.29) is 17.4 Å². The molecular formula is C12H11N7O3. The molecule has 22 heavy (non-hydrogen) atoms. The monoisotopic (exact) mass is 301 g/mol. The maximum Gasteiger partial charge on any atom is 0.363 e. The first-order valence-electron chi connectivity index (χ1n) is 6.06. The molecule has 3 rings (SSSR count). The molecule has 112 valence electrons. The number of rotatable bonds is 4. The lowest BCUT2D eigenvalue weighted by Gasteiger charge is -2.08. The summed E-state index contributed by atoms with van der Waals surface area (Å²) >= 11 is 0. The van der Waals surface area contributed by atoms with E-state index in [9.17, 15) is 4.79 Å². The van der Waals surface area contributed by atoms with Gasteiger partial charge in [0, 0.05) is 11.1 Å². The molecule has 0 amide bonds. The van der Waals surface area contributed by atoms with Crippen molar-refractivity contribution in [3.8, 4) is 5.88 Å². The summed E-state index contributed by atoms with van der Waals surface area (Å²) in [5.41, 5.74) is 1.48. The van der Waals surface area contributed by atoms with Gasteiger partial charge in [0.1, 0.15) is 5.56 Å². The Morgan fingerprint density at radius 3 is 2.91 bits per heavy atom. The van der Waals surface area contributed by atoms with Crippen molar-refractivity contribution in [3.63, 3.8) is 0 Å². The first-order valence-corrected chi connectivity index (χ1v) is 6.06. The molecule has 0 saturated carbocycles. The van der Waals surface area contributed by atoms with Gasteiger partial charge in [-0.05, 0) is 18.2 Å². The lowest BCUT2D eigenvalue weighted by atomic mass is 10.2. The molecule has 0 spiro atoms. The van der Waals surface area contributed by atoms with Crippen LogP contribution in [0.2, 0.25) is 0 Å². The molecule has 0 radical (unpaired) electrons. The van der Waals surface area contributed by atoms with Crippen LogP contribution in [0.1, 0.15) is 10.4 Å². The van der Waals surface area contributed by atoms with Gasteiger partial charge in [0.15, 0.2) is 0 Å². The van der Waals surface area contributed by atoms with Gasteiger partial charge in [-0.2, -0.15) is 21.9 Å². The molecule has 2 heterocycles. The molecule has 10 nitrogen and oxygen atoms in total. The lowest BCUT2D eigenvalue weighted by molar-refractivity contribution is 0.0497. The summed E-state index contributed by atoms with van der Waals surface area (Å²) in [7, 11) is 0. The molecule has 0 atom stereocenters. The second-order valence-electron chi connectivity index (χ2n) is 4.23. The number of nitrogens with zero attached hydrogens (tertiary/aromatic N) is 3. The maximum atomic E-state index is 11.4. The van der Waals surface area contributed by atoms with Gasteiger partial charge in [-0.1, -0.05) is 0 Å². The third kappa shape index (κ3) is 2.51. The molecule has 1 aromatic carbocycles. The van der Waals surface area contributed by atoms with Crippen molar-refractivity contribution < 1.29 is 14.5 Å². The number of H-pyrrole nitrogens is 1. The quantitative estimate of drug-likeness (QED) is 0.500. The summed E-state index contributed by atoms with van der Waals surface area (Å²) in [4.78, 5) is 28.0. The topological polar surface area (TPSA) is 154 Å². The Bertz CT molecular complexity index is 832. The Morgan fingerprint density at radius 1 is 1.27 bits per heavy atom. The van der Waals surface area contributed by atoms with Gasteiger partial charge in [0.2, 0.25) is 5.95 Å². The van der Waals surface area contributed by atoms with E-state index in [4.69, 9.17) is 11.8 Å². The normalized spacial score (nSPS) is 10.5. The highest BCUT2D eigenvalue weighted by Crippen LogP contribution is 2.21. The van der Waals surface area contributed by atoms with Crippen LogP contribution in [0.5, 0.6) is 5.88 Å².